The maximum atomic E-state index is 12.5. The molecule has 0 bridgehead atoms. The van der Waals surface area contributed by atoms with E-state index in [2.05, 4.69) is 15.3 Å². The standard InChI is InChI=1S/C25H19N3O4/c1-15-12-23(29)32-22-13-18(10-11-19(15)22)31-14-16-6-8-17(9-7-16)24(30)28-25-26-20-4-2-3-5-21(20)27-25/h2-13H,14H2,1H3,(H2,26,27,28,30). The van der Waals surface area contributed by atoms with Gasteiger partial charge < -0.3 is 14.1 Å². The minimum absolute atomic E-state index is 0.253. The molecule has 0 spiro atoms. The number of aromatic amines is 1. The van der Waals surface area contributed by atoms with E-state index in [0.29, 0.717) is 29.5 Å². The predicted octanol–water partition coefficient (Wildman–Crippen LogP) is 4.81. The van der Waals surface area contributed by atoms with Gasteiger partial charge in [-0.15, -0.1) is 0 Å². The lowest BCUT2D eigenvalue weighted by Crippen LogP contribution is -2.13. The van der Waals surface area contributed by atoms with Crippen molar-refractivity contribution in [1.29, 1.82) is 0 Å². The quantitative estimate of drug-likeness (QED) is 0.394. The van der Waals surface area contributed by atoms with E-state index in [1.165, 1.54) is 6.07 Å². The van der Waals surface area contributed by atoms with Crippen molar-refractivity contribution < 1.29 is 13.9 Å². The summed E-state index contributed by atoms with van der Waals surface area (Å²) in [6.07, 6.45) is 0. The summed E-state index contributed by atoms with van der Waals surface area (Å²) in [7, 11) is 0. The first-order valence-corrected chi connectivity index (χ1v) is 10.1. The van der Waals surface area contributed by atoms with Gasteiger partial charge in [0.1, 0.15) is 17.9 Å². The number of nitrogens with zero attached hydrogens (tertiary/aromatic N) is 1. The minimum Gasteiger partial charge on any atom is -0.489 e. The van der Waals surface area contributed by atoms with Crippen molar-refractivity contribution in [1.82, 2.24) is 9.97 Å². The first-order valence-electron chi connectivity index (χ1n) is 10.1. The number of nitrogens with one attached hydrogen (secondary N) is 2. The molecule has 0 atom stereocenters. The SMILES string of the molecule is Cc1cc(=O)oc2cc(OCc3ccc(C(=O)Nc4nc5ccccc5[nH]4)cc3)ccc12. The van der Waals surface area contributed by atoms with Gasteiger partial charge in [-0.3, -0.25) is 10.1 Å². The average molecular weight is 425 g/mol. The van der Waals surface area contributed by atoms with Gasteiger partial charge in [0, 0.05) is 23.1 Å². The van der Waals surface area contributed by atoms with Crippen LogP contribution in [0.4, 0.5) is 5.95 Å². The van der Waals surface area contributed by atoms with Crippen LogP contribution < -0.4 is 15.7 Å². The number of carbonyl (C=O) groups excluding carboxylic acids is 1. The van der Waals surface area contributed by atoms with Crippen LogP contribution in [0, 0.1) is 6.92 Å². The molecule has 0 aliphatic rings. The molecule has 1 amide bonds. The Morgan fingerprint density at radius 2 is 1.88 bits per heavy atom. The number of amides is 1. The summed E-state index contributed by atoms with van der Waals surface area (Å²) in [5.74, 6) is 0.746. The van der Waals surface area contributed by atoms with Crippen LogP contribution in [0.25, 0.3) is 22.0 Å². The van der Waals surface area contributed by atoms with Gasteiger partial charge in [0.15, 0.2) is 0 Å². The molecule has 7 nitrogen and oxygen atoms in total. The van der Waals surface area contributed by atoms with Gasteiger partial charge in [-0.1, -0.05) is 24.3 Å². The summed E-state index contributed by atoms with van der Waals surface area (Å²) in [6.45, 7) is 2.18. The molecular formula is C25H19N3O4. The number of benzene rings is 3. The second kappa shape index (κ2) is 8.03. The number of hydrogen-bond acceptors (Lipinski definition) is 5. The molecule has 32 heavy (non-hydrogen) atoms. The van der Waals surface area contributed by atoms with E-state index in [-0.39, 0.29) is 11.5 Å². The van der Waals surface area contributed by atoms with E-state index in [1.54, 1.807) is 18.2 Å². The molecule has 0 radical (unpaired) electrons. The maximum absolute atomic E-state index is 12.5. The summed E-state index contributed by atoms with van der Waals surface area (Å²) in [5, 5.41) is 3.65. The number of para-hydroxylation sites is 2. The molecule has 0 unspecified atom stereocenters. The van der Waals surface area contributed by atoms with Crippen molar-refractivity contribution in [3.05, 3.63) is 99.9 Å². The largest absolute Gasteiger partial charge is 0.489 e. The van der Waals surface area contributed by atoms with Gasteiger partial charge in [-0.25, -0.2) is 9.78 Å². The number of aryl methyl sites for hydroxylation is 1. The number of imidazole rings is 1. The van der Waals surface area contributed by atoms with Gasteiger partial charge in [0.2, 0.25) is 5.95 Å². The number of H-pyrrole nitrogens is 1. The smallest absolute Gasteiger partial charge is 0.336 e. The first-order chi connectivity index (χ1) is 15.5. The second-order valence-corrected chi connectivity index (χ2v) is 7.45. The van der Waals surface area contributed by atoms with Crippen LogP contribution in [-0.2, 0) is 6.61 Å². The first kappa shape index (κ1) is 19.6. The fourth-order valence-corrected chi connectivity index (χ4v) is 3.51. The van der Waals surface area contributed by atoms with Crippen LogP contribution in [0.2, 0.25) is 0 Å². The van der Waals surface area contributed by atoms with Gasteiger partial charge >= 0.3 is 5.63 Å². The van der Waals surface area contributed by atoms with Crippen molar-refractivity contribution in [2.24, 2.45) is 0 Å². The Morgan fingerprint density at radius 1 is 1.06 bits per heavy atom. The lowest BCUT2D eigenvalue weighted by molar-refractivity contribution is 0.102. The van der Waals surface area contributed by atoms with Crippen molar-refractivity contribution >= 4 is 33.9 Å². The van der Waals surface area contributed by atoms with E-state index in [4.69, 9.17) is 9.15 Å². The zero-order valence-electron chi connectivity index (χ0n) is 17.2. The number of hydrogen-bond donors (Lipinski definition) is 2. The summed E-state index contributed by atoms with van der Waals surface area (Å²) in [5.41, 5.74) is 4.03. The van der Waals surface area contributed by atoms with E-state index in [1.807, 2.05) is 55.5 Å². The Labute approximate surface area is 182 Å². The second-order valence-electron chi connectivity index (χ2n) is 7.45. The van der Waals surface area contributed by atoms with Crippen molar-refractivity contribution in [2.75, 3.05) is 5.32 Å². The molecule has 158 valence electrons. The predicted molar refractivity (Wildman–Crippen MR) is 122 cm³/mol. The molecule has 0 aliphatic carbocycles. The van der Waals surface area contributed by atoms with Crippen LogP contribution >= 0.6 is 0 Å². The molecule has 0 aliphatic heterocycles. The molecule has 5 rings (SSSR count). The number of anilines is 1. The van der Waals surface area contributed by atoms with Gasteiger partial charge in [0.25, 0.3) is 5.91 Å². The van der Waals surface area contributed by atoms with Gasteiger partial charge in [0.05, 0.1) is 11.0 Å². The lowest BCUT2D eigenvalue weighted by atomic mass is 10.1. The third kappa shape index (κ3) is 3.96. The summed E-state index contributed by atoms with van der Waals surface area (Å²) in [4.78, 5) is 31.6. The number of ether oxygens (including phenoxy) is 1. The number of fused-ring (bicyclic) bond motifs is 2. The lowest BCUT2D eigenvalue weighted by Gasteiger charge is -2.08. The third-order valence-corrected chi connectivity index (χ3v) is 5.17. The molecule has 3 aromatic carbocycles. The van der Waals surface area contributed by atoms with Gasteiger partial charge in [-0.05, 0) is 54.4 Å². The molecule has 5 aromatic rings. The van der Waals surface area contributed by atoms with Crippen LogP contribution in [0.15, 0.2) is 82.0 Å². The molecule has 0 fully saturated rings. The monoisotopic (exact) mass is 425 g/mol. The highest BCUT2D eigenvalue weighted by Crippen LogP contribution is 2.23. The minimum atomic E-state index is -0.385. The summed E-state index contributed by atoms with van der Waals surface area (Å²) in [6, 6.07) is 21.6. The Morgan fingerprint density at radius 3 is 2.69 bits per heavy atom. The fourth-order valence-electron chi connectivity index (χ4n) is 3.51. The number of rotatable bonds is 5. The molecule has 2 heterocycles. The molecule has 0 saturated carbocycles. The highest BCUT2D eigenvalue weighted by Gasteiger charge is 2.10. The van der Waals surface area contributed by atoms with E-state index >= 15 is 0 Å². The van der Waals surface area contributed by atoms with Crippen LogP contribution in [0.5, 0.6) is 5.75 Å². The topological polar surface area (TPSA) is 97.2 Å². The third-order valence-electron chi connectivity index (χ3n) is 5.17. The molecule has 0 saturated heterocycles. The molecular weight excluding hydrogens is 406 g/mol. The zero-order valence-corrected chi connectivity index (χ0v) is 17.2. The van der Waals surface area contributed by atoms with Crippen LogP contribution in [0.3, 0.4) is 0 Å². The van der Waals surface area contributed by atoms with E-state index < -0.39 is 0 Å². The summed E-state index contributed by atoms with van der Waals surface area (Å²) < 4.78 is 11.1. The van der Waals surface area contributed by atoms with Crippen molar-refractivity contribution in [2.45, 2.75) is 13.5 Å². The van der Waals surface area contributed by atoms with Crippen molar-refractivity contribution in [3.63, 3.8) is 0 Å². The Bertz CT molecular complexity index is 1470. The fraction of sp³-hybridized carbons (Fsp3) is 0.0800. The molecule has 7 heteroatoms. The zero-order chi connectivity index (χ0) is 22.1. The number of aromatic nitrogens is 2. The molecule has 2 N–H and O–H groups in total. The van der Waals surface area contributed by atoms with E-state index in [9.17, 15) is 9.59 Å². The molecule has 2 aromatic heterocycles. The highest BCUT2D eigenvalue weighted by atomic mass is 16.5. The average Bonchev–Trinajstić information content (AvgIpc) is 3.20. The normalized spacial score (nSPS) is 11.0. The number of carbonyl (C=O) groups is 1. The van der Waals surface area contributed by atoms with Crippen molar-refractivity contribution in [3.8, 4) is 5.75 Å². The van der Waals surface area contributed by atoms with E-state index in [0.717, 1.165) is 27.5 Å². The summed E-state index contributed by atoms with van der Waals surface area (Å²) >= 11 is 0. The van der Waals surface area contributed by atoms with Gasteiger partial charge in [-0.2, -0.15) is 0 Å². The maximum Gasteiger partial charge on any atom is 0.336 e. The Balaban J connectivity index is 1.25. The van der Waals surface area contributed by atoms with Crippen LogP contribution in [0.1, 0.15) is 21.5 Å². The van der Waals surface area contributed by atoms with Crippen LogP contribution in [-0.4, -0.2) is 15.9 Å². The Kier molecular flexibility index (Phi) is 4.91. The highest BCUT2D eigenvalue weighted by molar-refractivity contribution is 6.04. The Hall–Kier alpha value is -4.39.